The number of nitrogens with zero attached hydrogens (tertiary/aromatic N) is 3. The summed E-state index contributed by atoms with van der Waals surface area (Å²) in [7, 11) is 0. The number of hydrogen-bond acceptors (Lipinski definition) is 4. The van der Waals surface area contributed by atoms with Gasteiger partial charge in [-0.2, -0.15) is 0 Å². The van der Waals surface area contributed by atoms with Crippen LogP contribution in [0.1, 0.15) is 0 Å². The van der Waals surface area contributed by atoms with Gasteiger partial charge < -0.3 is 4.42 Å². The lowest BCUT2D eigenvalue weighted by Gasteiger charge is -2.13. The van der Waals surface area contributed by atoms with Crippen molar-refractivity contribution in [2.24, 2.45) is 0 Å². The van der Waals surface area contributed by atoms with Crippen molar-refractivity contribution in [2.75, 3.05) is 0 Å². The van der Waals surface area contributed by atoms with Gasteiger partial charge in [-0.05, 0) is 151 Å². The largest absolute Gasteiger partial charge is 0.456 e. The van der Waals surface area contributed by atoms with E-state index >= 15 is 0 Å². The molecule has 0 aliphatic carbocycles. The van der Waals surface area contributed by atoms with E-state index in [4.69, 9.17) is 32.2 Å². The maximum Gasteiger partial charge on any atom is 0.164 e. The van der Waals surface area contributed by atoms with Crippen molar-refractivity contribution < 1.29 is 4.42 Å². The van der Waals surface area contributed by atoms with Gasteiger partial charge in [0.05, 0.1) is 0 Å². The summed E-state index contributed by atoms with van der Waals surface area (Å²) >= 11 is 0. The number of furan rings is 1. The highest BCUT2D eigenvalue weighted by molar-refractivity contribution is 6.28. The van der Waals surface area contributed by atoms with Crippen LogP contribution in [0.2, 0.25) is 0 Å². The lowest BCUT2D eigenvalue weighted by atomic mass is 9.92. The minimum Gasteiger partial charge on any atom is -0.456 e. The molecule has 7 aromatic carbocycles. The van der Waals surface area contributed by atoms with Crippen LogP contribution in [0.5, 0.6) is 0 Å². The van der Waals surface area contributed by atoms with Crippen molar-refractivity contribution in [1.82, 2.24) is 15.0 Å². The molecule has 0 bridgehead atoms. The van der Waals surface area contributed by atoms with Crippen LogP contribution in [0.4, 0.5) is 0 Å². The summed E-state index contributed by atoms with van der Waals surface area (Å²) in [5.41, 5.74) is 4.65. The monoisotopic (exact) mass is 815 g/mol. The Morgan fingerprint density at radius 3 is 1.12 bits per heavy atom. The van der Waals surface area contributed by atoms with Crippen molar-refractivity contribution in [1.29, 1.82) is 0 Å². The molecule has 0 atom stereocenters. The summed E-state index contributed by atoms with van der Waals surface area (Å²) < 4.78 is 6.30. The molecule has 290 valence electrons. The van der Waals surface area contributed by atoms with Crippen LogP contribution in [0.3, 0.4) is 0 Å². The number of benzene rings is 7. The fourth-order valence-corrected chi connectivity index (χ4v) is 6.82. The van der Waals surface area contributed by atoms with Gasteiger partial charge in [0.15, 0.2) is 17.5 Å². The van der Waals surface area contributed by atoms with Gasteiger partial charge in [0.2, 0.25) is 0 Å². The summed E-state index contributed by atoms with van der Waals surface area (Å²) in [4.78, 5) is 14.8. The molecule has 4 heteroatoms. The van der Waals surface area contributed by atoms with Gasteiger partial charge in [0, 0.05) is 51.1 Å². The number of fused-ring (bicyclic) bond motifs is 9. The third-order valence-corrected chi connectivity index (χ3v) is 9.50. The average molecular weight is 816 g/mol. The van der Waals surface area contributed by atoms with Crippen molar-refractivity contribution >= 4 is 54.3 Å². The van der Waals surface area contributed by atoms with Crippen LogP contribution in [0.15, 0.2) is 144 Å². The Labute approximate surface area is 376 Å². The summed E-state index contributed by atoms with van der Waals surface area (Å²) in [5, 5.41) is 9.37. The van der Waals surface area contributed by atoms with Crippen LogP contribution >= 0.6 is 0 Å². The Morgan fingerprint density at radius 1 is 0.277 bits per heavy atom. The quantitative estimate of drug-likeness (QED) is 0.132. The zero-order valence-electron chi connectivity index (χ0n) is 34.2. The SMILES string of the molecule is C#CC#CC#CC#CC#CC#CC#CC#CC#CC#CC#C.c1ccc(-c2nc(-c3ccccc3)nc(-c3ccc4c(c3)c3ccccc3c3cc5c(cc43)oc3ccccc35)n2)cc1. The van der Waals surface area contributed by atoms with E-state index in [0.717, 1.165) is 49.4 Å². The first kappa shape index (κ1) is 41.0. The highest BCUT2D eigenvalue weighted by atomic mass is 16.3. The lowest BCUT2D eigenvalue weighted by molar-refractivity contribution is 0.669. The predicted octanol–water partition coefficient (Wildman–Crippen LogP) is 10.5. The molecule has 0 fully saturated rings. The van der Waals surface area contributed by atoms with E-state index in [2.05, 4.69) is 185 Å². The third-order valence-electron chi connectivity index (χ3n) is 9.50. The maximum absolute atomic E-state index is 6.30. The molecular formula is C61H25N3O. The Kier molecular flexibility index (Phi) is 12.9. The smallest absolute Gasteiger partial charge is 0.164 e. The highest BCUT2D eigenvalue weighted by Gasteiger charge is 2.16. The fraction of sp³-hybridized carbons (Fsp3) is 0. The summed E-state index contributed by atoms with van der Waals surface area (Å²) in [6.45, 7) is 0. The number of rotatable bonds is 3. The van der Waals surface area contributed by atoms with Crippen molar-refractivity contribution in [3.8, 4) is 165 Å². The van der Waals surface area contributed by atoms with Gasteiger partial charge in [-0.3, -0.25) is 0 Å². The number of aromatic nitrogens is 3. The molecule has 9 rings (SSSR count). The van der Waals surface area contributed by atoms with Gasteiger partial charge in [-0.15, -0.1) is 12.8 Å². The summed E-state index contributed by atoms with van der Waals surface area (Å²) in [5.74, 6) is 50.2. The average Bonchev–Trinajstić information content (AvgIpc) is 3.73. The van der Waals surface area contributed by atoms with E-state index in [-0.39, 0.29) is 0 Å². The number of para-hydroxylation sites is 1. The summed E-state index contributed by atoms with van der Waals surface area (Å²) in [6, 6.07) is 48.1. The molecule has 2 heterocycles. The number of terminal acetylenes is 2. The van der Waals surface area contributed by atoms with Gasteiger partial charge in [0.25, 0.3) is 0 Å². The van der Waals surface area contributed by atoms with Gasteiger partial charge in [-0.25, -0.2) is 15.0 Å². The molecule has 65 heavy (non-hydrogen) atoms. The van der Waals surface area contributed by atoms with Gasteiger partial charge in [0.1, 0.15) is 11.2 Å². The van der Waals surface area contributed by atoms with E-state index in [1.807, 2.05) is 72.8 Å². The Balaban J connectivity index is 0.000000225. The first-order valence-electron chi connectivity index (χ1n) is 19.7. The van der Waals surface area contributed by atoms with Crippen LogP contribution < -0.4 is 0 Å². The molecule has 0 radical (unpaired) electrons. The van der Waals surface area contributed by atoms with Crippen molar-refractivity contribution in [2.45, 2.75) is 0 Å². The summed E-state index contributed by atoms with van der Waals surface area (Å²) in [6.07, 6.45) is 9.80. The Bertz CT molecular complexity index is 3930. The van der Waals surface area contributed by atoms with Crippen molar-refractivity contribution in [3.05, 3.63) is 140 Å². The molecule has 4 nitrogen and oxygen atoms in total. The molecule has 0 saturated carbocycles. The van der Waals surface area contributed by atoms with Crippen LogP contribution in [0, 0.1) is 131 Å². The lowest BCUT2D eigenvalue weighted by Crippen LogP contribution is -2.00. The topological polar surface area (TPSA) is 51.8 Å². The molecule has 0 spiro atoms. The van der Waals surface area contributed by atoms with E-state index in [9.17, 15) is 0 Å². The third kappa shape index (κ3) is 9.85. The van der Waals surface area contributed by atoms with E-state index in [0.29, 0.717) is 17.5 Å². The molecule has 0 unspecified atom stereocenters. The molecule has 0 saturated heterocycles. The first-order chi connectivity index (χ1) is 32.2. The highest BCUT2D eigenvalue weighted by Crippen LogP contribution is 2.41. The molecular weight excluding hydrogens is 791 g/mol. The number of hydrogen-bond donors (Lipinski definition) is 0. The van der Waals surface area contributed by atoms with Crippen LogP contribution in [-0.2, 0) is 0 Å². The second-order valence-electron chi connectivity index (χ2n) is 13.4. The normalized spacial score (nSPS) is 9.02. The van der Waals surface area contributed by atoms with E-state index in [1.165, 1.54) is 21.5 Å². The minimum atomic E-state index is 0.645. The van der Waals surface area contributed by atoms with Gasteiger partial charge >= 0.3 is 0 Å². The molecule has 2 aromatic heterocycles. The molecule has 0 N–H and O–H groups in total. The maximum atomic E-state index is 6.30. The van der Waals surface area contributed by atoms with Crippen LogP contribution in [0.25, 0.3) is 88.4 Å². The Hall–Kier alpha value is -10.7. The van der Waals surface area contributed by atoms with Gasteiger partial charge in [-0.1, -0.05) is 115 Å². The molecule has 0 aliphatic heterocycles. The Morgan fingerprint density at radius 2 is 0.646 bits per heavy atom. The van der Waals surface area contributed by atoms with E-state index < -0.39 is 0 Å². The predicted molar refractivity (Wildman–Crippen MR) is 264 cm³/mol. The molecule has 9 aromatic rings. The van der Waals surface area contributed by atoms with E-state index in [1.54, 1.807) is 0 Å². The minimum absolute atomic E-state index is 0.645. The zero-order chi connectivity index (χ0) is 44.5. The van der Waals surface area contributed by atoms with Crippen LogP contribution in [-0.4, -0.2) is 15.0 Å². The van der Waals surface area contributed by atoms with Crippen molar-refractivity contribution in [3.63, 3.8) is 0 Å². The second kappa shape index (κ2) is 20.5. The first-order valence-corrected chi connectivity index (χ1v) is 19.7. The molecule has 0 amide bonds. The standard InChI is InChI=1S/C39H23N3O.C22H2/c1-3-11-24(12-4-1)37-40-38(25-13-5-2-6-14-25)42-39(41-37)26-19-20-29-31(21-26)27-15-7-8-16-28(27)32-22-34-30-17-9-10-18-35(30)43-36(34)23-33(29)32;1-3-5-7-9-11-13-15-17-19-21-22-20-18-16-14-12-10-8-6-4-2/h1-23H;1-2H. The second-order valence-corrected chi connectivity index (χ2v) is 13.4. The fourth-order valence-electron chi connectivity index (χ4n) is 6.82. The zero-order valence-corrected chi connectivity index (χ0v) is 34.2. The molecule has 0 aliphatic rings.